The molecule has 0 spiro atoms. The number of hydrogen-bond donors (Lipinski definition) is 3. The summed E-state index contributed by atoms with van der Waals surface area (Å²) in [5.74, 6) is -0.00830. The highest BCUT2D eigenvalue weighted by molar-refractivity contribution is 7.89. The Balaban J connectivity index is 1.67. The zero-order chi connectivity index (χ0) is 21.0. The van der Waals surface area contributed by atoms with Crippen LogP contribution in [0.4, 0.5) is 16.2 Å². The molecular weight excluding hydrogens is 393 g/mol. The molecule has 4 N–H and O–H groups in total. The molecule has 9 heteroatoms. The van der Waals surface area contributed by atoms with Gasteiger partial charge in [0.15, 0.2) is 0 Å². The van der Waals surface area contributed by atoms with E-state index < -0.39 is 15.8 Å². The van der Waals surface area contributed by atoms with E-state index in [0.29, 0.717) is 11.5 Å². The van der Waals surface area contributed by atoms with E-state index in [1.807, 2.05) is 32.0 Å². The fourth-order valence-corrected chi connectivity index (χ4v) is 3.88. The van der Waals surface area contributed by atoms with Crippen molar-refractivity contribution < 1.29 is 12.8 Å². The summed E-state index contributed by atoms with van der Waals surface area (Å²) < 4.78 is 40.1. The second-order valence-corrected chi connectivity index (χ2v) is 8.29. The van der Waals surface area contributed by atoms with Crippen LogP contribution >= 0.6 is 0 Å². The highest BCUT2D eigenvalue weighted by Gasteiger charge is 2.14. The number of nitrogens with one attached hydrogen (secondary N) is 2. The second kappa shape index (κ2) is 8.54. The zero-order valence-electron chi connectivity index (χ0n) is 16.1. The van der Waals surface area contributed by atoms with Crippen molar-refractivity contribution in [3.63, 3.8) is 0 Å². The lowest BCUT2D eigenvalue weighted by atomic mass is 10.0. The highest BCUT2D eigenvalue weighted by Crippen LogP contribution is 2.25. The molecule has 0 unspecified atom stereocenters. The number of hydrogen-bond acceptors (Lipinski definition) is 6. The Kier molecular flexibility index (Phi) is 6.09. The van der Waals surface area contributed by atoms with Gasteiger partial charge in [-0.3, -0.25) is 0 Å². The van der Waals surface area contributed by atoms with Gasteiger partial charge in [-0.05, 0) is 43.2 Å². The van der Waals surface area contributed by atoms with E-state index in [1.165, 1.54) is 18.2 Å². The molecule has 152 valence electrons. The van der Waals surface area contributed by atoms with Crippen molar-refractivity contribution in [3.05, 3.63) is 65.5 Å². The number of nitrogen functional groups attached to an aromatic ring is 1. The first kappa shape index (κ1) is 20.7. The first-order chi connectivity index (χ1) is 13.8. The molecule has 0 atom stereocenters. The minimum Gasteiger partial charge on any atom is -0.369 e. The molecule has 0 saturated carbocycles. The van der Waals surface area contributed by atoms with Gasteiger partial charge in [0.25, 0.3) is 0 Å². The van der Waals surface area contributed by atoms with E-state index in [-0.39, 0.29) is 23.9 Å². The van der Waals surface area contributed by atoms with Crippen LogP contribution in [-0.2, 0) is 10.0 Å². The summed E-state index contributed by atoms with van der Waals surface area (Å²) in [7, 11) is -3.79. The molecule has 1 aromatic heterocycles. The molecule has 3 rings (SSSR count). The molecule has 0 amide bonds. The van der Waals surface area contributed by atoms with Crippen molar-refractivity contribution in [2.24, 2.45) is 0 Å². The number of aromatic nitrogens is 2. The van der Waals surface area contributed by atoms with Crippen molar-refractivity contribution >= 4 is 21.8 Å². The first-order valence-electron chi connectivity index (χ1n) is 8.96. The number of anilines is 2. The average Bonchev–Trinajstić information content (AvgIpc) is 2.67. The minimum absolute atomic E-state index is 0.0849. The third kappa shape index (κ3) is 5.07. The molecule has 0 aliphatic carbocycles. The van der Waals surface area contributed by atoms with Gasteiger partial charge in [0.1, 0.15) is 11.6 Å². The van der Waals surface area contributed by atoms with Crippen LogP contribution < -0.4 is 15.8 Å². The second-order valence-electron chi connectivity index (χ2n) is 6.53. The van der Waals surface area contributed by atoms with Gasteiger partial charge < -0.3 is 11.1 Å². The van der Waals surface area contributed by atoms with E-state index in [4.69, 9.17) is 5.73 Å². The maximum absolute atomic E-state index is 13.2. The normalized spacial score (nSPS) is 11.4. The Morgan fingerprint density at radius 1 is 1.03 bits per heavy atom. The lowest BCUT2D eigenvalue weighted by molar-refractivity contribution is 0.579. The fourth-order valence-electron chi connectivity index (χ4n) is 2.82. The van der Waals surface area contributed by atoms with Crippen LogP contribution in [0, 0.1) is 19.7 Å². The summed E-state index contributed by atoms with van der Waals surface area (Å²) in [5.41, 5.74) is 9.71. The zero-order valence-corrected chi connectivity index (χ0v) is 16.9. The Hall–Kier alpha value is -3.04. The minimum atomic E-state index is -3.79. The predicted octanol–water partition coefficient (Wildman–Crippen LogP) is 2.87. The molecule has 0 bridgehead atoms. The van der Waals surface area contributed by atoms with Crippen molar-refractivity contribution in [3.8, 4) is 11.3 Å². The Bertz CT molecular complexity index is 1140. The van der Waals surface area contributed by atoms with Crippen molar-refractivity contribution in [2.45, 2.75) is 18.7 Å². The third-order valence-electron chi connectivity index (χ3n) is 4.45. The largest absolute Gasteiger partial charge is 0.369 e. The third-order valence-corrected chi connectivity index (χ3v) is 5.91. The lowest BCUT2D eigenvalue weighted by Crippen LogP contribution is -2.29. The fraction of sp³-hybridized carbons (Fsp3) is 0.200. The number of nitrogens with zero attached hydrogens (tertiary/aromatic N) is 2. The van der Waals surface area contributed by atoms with E-state index in [1.54, 1.807) is 6.07 Å². The predicted molar refractivity (Wildman–Crippen MR) is 111 cm³/mol. The number of nitrogens with two attached hydrogens (primary N) is 1. The number of sulfonamides is 1. The SMILES string of the molecule is Cc1cccc(-c2cc(NCCNS(=O)(=O)c3cccc(F)c3)nc(N)n2)c1C. The maximum atomic E-state index is 13.2. The number of halogens is 1. The quantitative estimate of drug-likeness (QED) is 0.512. The highest BCUT2D eigenvalue weighted by atomic mass is 32.2. The van der Waals surface area contributed by atoms with Crippen LogP contribution in [0.15, 0.2) is 53.4 Å². The van der Waals surface area contributed by atoms with Gasteiger partial charge in [0.2, 0.25) is 16.0 Å². The molecule has 3 aromatic rings. The molecule has 29 heavy (non-hydrogen) atoms. The molecule has 0 saturated heterocycles. The summed E-state index contributed by atoms with van der Waals surface area (Å²) >= 11 is 0. The average molecular weight is 415 g/mol. The summed E-state index contributed by atoms with van der Waals surface area (Å²) in [6.07, 6.45) is 0. The van der Waals surface area contributed by atoms with Crippen molar-refractivity contribution in [1.29, 1.82) is 0 Å². The Morgan fingerprint density at radius 2 is 1.79 bits per heavy atom. The number of rotatable bonds is 7. The van der Waals surface area contributed by atoms with Gasteiger partial charge in [-0.25, -0.2) is 22.5 Å². The van der Waals surface area contributed by atoms with Gasteiger partial charge >= 0.3 is 0 Å². The topological polar surface area (TPSA) is 110 Å². The van der Waals surface area contributed by atoms with Gasteiger partial charge in [-0.15, -0.1) is 0 Å². The van der Waals surface area contributed by atoms with Gasteiger partial charge in [0, 0.05) is 24.7 Å². The van der Waals surface area contributed by atoms with Crippen LogP contribution in [0.1, 0.15) is 11.1 Å². The molecule has 2 aromatic carbocycles. The molecule has 0 radical (unpaired) electrons. The van der Waals surface area contributed by atoms with Crippen LogP contribution in [0.25, 0.3) is 11.3 Å². The van der Waals surface area contributed by atoms with Crippen LogP contribution in [0.3, 0.4) is 0 Å². The van der Waals surface area contributed by atoms with Crippen LogP contribution in [0.5, 0.6) is 0 Å². The van der Waals surface area contributed by atoms with E-state index >= 15 is 0 Å². The Labute approximate surface area is 169 Å². The standard InChI is InChI=1S/C20H22FN5O2S/c1-13-5-3-8-17(14(13)2)18-12-19(26-20(22)25-18)23-9-10-24-29(27,28)16-7-4-6-15(21)11-16/h3-8,11-12,24H,9-10H2,1-2H3,(H3,22,23,25,26). The number of benzene rings is 2. The summed E-state index contributed by atoms with van der Waals surface area (Å²) in [6.45, 7) is 4.38. The molecule has 7 nitrogen and oxygen atoms in total. The van der Waals surface area contributed by atoms with Gasteiger partial charge in [0.05, 0.1) is 10.6 Å². The van der Waals surface area contributed by atoms with E-state index in [9.17, 15) is 12.8 Å². The van der Waals surface area contributed by atoms with Crippen molar-refractivity contribution in [2.75, 3.05) is 24.1 Å². The lowest BCUT2D eigenvalue weighted by Gasteiger charge is -2.12. The molecule has 0 aliphatic heterocycles. The smallest absolute Gasteiger partial charge is 0.240 e. The Morgan fingerprint density at radius 3 is 2.55 bits per heavy atom. The van der Waals surface area contributed by atoms with E-state index in [2.05, 4.69) is 20.0 Å². The van der Waals surface area contributed by atoms with Gasteiger partial charge in [-0.1, -0.05) is 24.3 Å². The maximum Gasteiger partial charge on any atom is 0.240 e. The monoisotopic (exact) mass is 415 g/mol. The number of aryl methyl sites for hydroxylation is 1. The van der Waals surface area contributed by atoms with E-state index in [0.717, 1.165) is 22.8 Å². The molecule has 1 heterocycles. The van der Waals surface area contributed by atoms with Gasteiger partial charge in [-0.2, -0.15) is 4.98 Å². The summed E-state index contributed by atoms with van der Waals surface area (Å²) in [6, 6.07) is 12.5. The van der Waals surface area contributed by atoms with Crippen molar-refractivity contribution in [1.82, 2.24) is 14.7 Å². The summed E-state index contributed by atoms with van der Waals surface area (Å²) in [5, 5.41) is 3.03. The molecular formula is C20H22FN5O2S. The summed E-state index contributed by atoms with van der Waals surface area (Å²) in [4.78, 5) is 8.32. The van der Waals surface area contributed by atoms with Crippen LogP contribution in [0.2, 0.25) is 0 Å². The molecule has 0 aliphatic rings. The molecule has 0 fully saturated rings. The first-order valence-corrected chi connectivity index (χ1v) is 10.4. The van der Waals surface area contributed by atoms with Crippen LogP contribution in [-0.4, -0.2) is 31.5 Å².